The number of halogens is 1. The molecule has 0 saturated carbocycles. The van der Waals surface area contributed by atoms with Crippen molar-refractivity contribution in [1.82, 2.24) is 10.2 Å². The zero-order valence-electron chi connectivity index (χ0n) is 12.8. The average molecular weight is 292 g/mol. The topological polar surface area (TPSA) is 32.3 Å². The number of hydrogen-bond donors (Lipinski definition) is 1. The van der Waals surface area contributed by atoms with E-state index >= 15 is 0 Å². The fourth-order valence-corrected chi connectivity index (χ4v) is 2.77. The van der Waals surface area contributed by atoms with Gasteiger partial charge in [0.05, 0.1) is 0 Å². The molecule has 1 fully saturated rings. The number of aryl methyl sites for hydroxylation is 1. The molecule has 2 rings (SSSR count). The maximum Gasteiger partial charge on any atom is 0.220 e. The van der Waals surface area contributed by atoms with Gasteiger partial charge in [-0.15, -0.1) is 0 Å². The van der Waals surface area contributed by atoms with Gasteiger partial charge in [-0.1, -0.05) is 12.1 Å². The molecule has 1 N–H and O–H groups in total. The highest BCUT2D eigenvalue weighted by atomic mass is 19.1. The molecule has 1 saturated heterocycles. The van der Waals surface area contributed by atoms with Gasteiger partial charge in [0.2, 0.25) is 5.91 Å². The highest BCUT2D eigenvalue weighted by Gasteiger charge is 2.18. The Bertz CT molecular complexity index is 441. The smallest absolute Gasteiger partial charge is 0.220 e. The first-order chi connectivity index (χ1) is 10.1. The second-order valence-corrected chi connectivity index (χ2v) is 5.88. The van der Waals surface area contributed by atoms with Gasteiger partial charge in [-0.3, -0.25) is 9.69 Å². The third-order valence-electron chi connectivity index (χ3n) is 4.14. The highest BCUT2D eigenvalue weighted by Crippen LogP contribution is 2.11. The molecule has 1 aliphatic heterocycles. The van der Waals surface area contributed by atoms with E-state index in [0.717, 1.165) is 38.0 Å². The van der Waals surface area contributed by atoms with Crippen molar-refractivity contribution in [1.29, 1.82) is 0 Å². The largest absolute Gasteiger partial charge is 0.355 e. The van der Waals surface area contributed by atoms with E-state index in [-0.39, 0.29) is 11.7 Å². The Kier molecular flexibility index (Phi) is 6.18. The zero-order chi connectivity index (χ0) is 15.1. The Morgan fingerprint density at radius 2 is 1.95 bits per heavy atom. The molecule has 21 heavy (non-hydrogen) atoms. The molecule has 4 heteroatoms. The molecule has 0 radical (unpaired) electrons. The molecule has 1 atom stereocenters. The molecule has 3 nitrogen and oxygen atoms in total. The molecule has 1 amide bonds. The van der Waals surface area contributed by atoms with Crippen LogP contribution in [-0.4, -0.2) is 36.5 Å². The Hall–Kier alpha value is -1.42. The molecular weight excluding hydrogens is 267 g/mol. The minimum Gasteiger partial charge on any atom is -0.355 e. The summed E-state index contributed by atoms with van der Waals surface area (Å²) in [4.78, 5) is 14.2. The molecule has 0 aliphatic carbocycles. The lowest BCUT2D eigenvalue weighted by Crippen LogP contribution is -2.40. The predicted octanol–water partition coefficient (Wildman–Crippen LogP) is 2.75. The van der Waals surface area contributed by atoms with Gasteiger partial charge in [0, 0.05) is 19.0 Å². The Morgan fingerprint density at radius 1 is 1.29 bits per heavy atom. The lowest BCUT2D eigenvalue weighted by atomic mass is 10.1. The SMILES string of the molecule is CC(CNC(=O)CCCc1ccc(F)cc1)N1CCCC1. The van der Waals surface area contributed by atoms with Crippen LogP contribution in [0.1, 0.15) is 38.2 Å². The van der Waals surface area contributed by atoms with Crippen molar-refractivity contribution in [3.05, 3.63) is 35.6 Å². The van der Waals surface area contributed by atoms with Crippen molar-refractivity contribution in [2.45, 2.75) is 45.1 Å². The van der Waals surface area contributed by atoms with E-state index in [2.05, 4.69) is 17.1 Å². The lowest BCUT2D eigenvalue weighted by molar-refractivity contribution is -0.121. The fourth-order valence-electron chi connectivity index (χ4n) is 2.77. The van der Waals surface area contributed by atoms with Crippen LogP contribution in [-0.2, 0) is 11.2 Å². The molecular formula is C17H25FN2O. The first-order valence-corrected chi connectivity index (χ1v) is 7.90. The Morgan fingerprint density at radius 3 is 2.62 bits per heavy atom. The van der Waals surface area contributed by atoms with Crippen molar-refractivity contribution in [2.24, 2.45) is 0 Å². The van der Waals surface area contributed by atoms with Gasteiger partial charge in [0.15, 0.2) is 0 Å². The molecule has 1 heterocycles. The van der Waals surface area contributed by atoms with E-state index in [9.17, 15) is 9.18 Å². The minimum absolute atomic E-state index is 0.114. The third kappa shape index (κ3) is 5.46. The summed E-state index contributed by atoms with van der Waals surface area (Å²) in [7, 11) is 0. The van der Waals surface area contributed by atoms with Crippen molar-refractivity contribution in [2.75, 3.05) is 19.6 Å². The standard InChI is InChI=1S/C17H25FN2O/c1-14(20-11-2-3-12-20)13-19-17(21)6-4-5-15-7-9-16(18)10-8-15/h7-10,14H,2-6,11-13H2,1H3,(H,19,21). The second-order valence-electron chi connectivity index (χ2n) is 5.88. The summed E-state index contributed by atoms with van der Waals surface area (Å²) < 4.78 is 12.8. The quantitative estimate of drug-likeness (QED) is 0.838. The van der Waals surface area contributed by atoms with Crippen molar-refractivity contribution < 1.29 is 9.18 Å². The van der Waals surface area contributed by atoms with Crippen LogP contribution >= 0.6 is 0 Å². The Balaban J connectivity index is 1.60. The molecule has 1 aliphatic rings. The van der Waals surface area contributed by atoms with Gasteiger partial charge in [-0.05, 0) is 63.4 Å². The van der Waals surface area contributed by atoms with E-state index in [4.69, 9.17) is 0 Å². The van der Waals surface area contributed by atoms with Crippen LogP contribution < -0.4 is 5.32 Å². The number of amides is 1. The number of hydrogen-bond acceptors (Lipinski definition) is 2. The van der Waals surface area contributed by atoms with Crippen LogP contribution in [0.2, 0.25) is 0 Å². The predicted molar refractivity (Wildman–Crippen MR) is 82.6 cm³/mol. The summed E-state index contributed by atoms with van der Waals surface area (Å²) in [6.07, 6.45) is 4.70. The van der Waals surface area contributed by atoms with E-state index in [1.54, 1.807) is 12.1 Å². The summed E-state index contributed by atoms with van der Waals surface area (Å²) in [5.74, 6) is -0.101. The van der Waals surface area contributed by atoms with Crippen molar-refractivity contribution in [3.63, 3.8) is 0 Å². The third-order valence-corrected chi connectivity index (χ3v) is 4.14. The van der Waals surface area contributed by atoms with Crippen molar-refractivity contribution >= 4 is 5.91 Å². The maximum absolute atomic E-state index is 12.8. The summed E-state index contributed by atoms with van der Waals surface area (Å²) in [6.45, 7) is 5.21. The number of carbonyl (C=O) groups is 1. The van der Waals surface area contributed by atoms with Crippen LogP contribution in [0, 0.1) is 5.82 Å². The van der Waals surface area contributed by atoms with Crippen LogP contribution in [0.3, 0.4) is 0 Å². The van der Waals surface area contributed by atoms with E-state index in [0.29, 0.717) is 12.5 Å². The fraction of sp³-hybridized carbons (Fsp3) is 0.588. The minimum atomic E-state index is -0.215. The van der Waals surface area contributed by atoms with E-state index in [1.807, 2.05) is 0 Å². The summed E-state index contributed by atoms with van der Waals surface area (Å²) in [5, 5.41) is 3.01. The average Bonchev–Trinajstić information content (AvgIpc) is 3.01. The van der Waals surface area contributed by atoms with Gasteiger partial charge >= 0.3 is 0 Å². The van der Waals surface area contributed by atoms with Gasteiger partial charge in [-0.2, -0.15) is 0 Å². The summed E-state index contributed by atoms with van der Waals surface area (Å²) in [6, 6.07) is 6.92. The molecule has 0 spiro atoms. The second kappa shape index (κ2) is 8.13. The van der Waals surface area contributed by atoms with E-state index < -0.39 is 0 Å². The van der Waals surface area contributed by atoms with Gasteiger partial charge in [0.25, 0.3) is 0 Å². The molecule has 1 unspecified atom stereocenters. The number of carbonyl (C=O) groups excluding carboxylic acids is 1. The molecule has 1 aromatic rings. The maximum atomic E-state index is 12.8. The van der Waals surface area contributed by atoms with Gasteiger partial charge in [-0.25, -0.2) is 4.39 Å². The van der Waals surface area contributed by atoms with Crippen molar-refractivity contribution in [3.8, 4) is 0 Å². The lowest BCUT2D eigenvalue weighted by Gasteiger charge is -2.23. The number of rotatable bonds is 7. The molecule has 0 aromatic heterocycles. The van der Waals surface area contributed by atoms with Crippen LogP contribution in [0.4, 0.5) is 4.39 Å². The molecule has 1 aromatic carbocycles. The molecule has 0 bridgehead atoms. The van der Waals surface area contributed by atoms with E-state index in [1.165, 1.54) is 25.0 Å². The van der Waals surface area contributed by atoms with Crippen LogP contribution in [0.15, 0.2) is 24.3 Å². The van der Waals surface area contributed by atoms with Gasteiger partial charge < -0.3 is 5.32 Å². The molecule has 116 valence electrons. The van der Waals surface area contributed by atoms with Crippen LogP contribution in [0.5, 0.6) is 0 Å². The summed E-state index contributed by atoms with van der Waals surface area (Å²) in [5.41, 5.74) is 1.08. The monoisotopic (exact) mass is 292 g/mol. The Labute approximate surface area is 126 Å². The number of likely N-dealkylation sites (tertiary alicyclic amines) is 1. The first kappa shape index (κ1) is 16.0. The normalized spacial score (nSPS) is 16.9. The highest BCUT2D eigenvalue weighted by molar-refractivity contribution is 5.75. The first-order valence-electron chi connectivity index (χ1n) is 7.90. The number of nitrogens with zero attached hydrogens (tertiary/aromatic N) is 1. The zero-order valence-corrected chi connectivity index (χ0v) is 12.8. The van der Waals surface area contributed by atoms with Gasteiger partial charge in [0.1, 0.15) is 5.82 Å². The number of nitrogens with one attached hydrogen (secondary N) is 1. The van der Waals surface area contributed by atoms with Crippen LogP contribution in [0.25, 0.3) is 0 Å². The summed E-state index contributed by atoms with van der Waals surface area (Å²) >= 11 is 0. The number of benzene rings is 1.